The molecule has 0 atom stereocenters. The van der Waals surface area contributed by atoms with Gasteiger partial charge in [0.1, 0.15) is 4.32 Å². The molecule has 0 aromatic carbocycles. The van der Waals surface area contributed by atoms with Crippen LogP contribution in [0.25, 0.3) is 0 Å². The zero-order valence-corrected chi connectivity index (χ0v) is 26.1. The molecule has 0 rings (SSSR count). The lowest BCUT2D eigenvalue weighted by Gasteiger charge is -2.05. The summed E-state index contributed by atoms with van der Waals surface area (Å²) >= 11 is 8.97. The number of carbonyl (C=O) groups is 1. The molecular formula is C32H63NO2S2. The molecule has 37 heavy (non-hydrogen) atoms. The van der Waals surface area contributed by atoms with E-state index in [1.165, 1.54) is 167 Å². The second-order valence-corrected chi connectivity index (χ2v) is 12.4. The summed E-state index contributed by atoms with van der Waals surface area (Å²) in [4.78, 5) is 10.5. The Bertz CT molecular complexity index is 445. The molecular weight excluding hydrogens is 494 g/mol. The second kappa shape index (κ2) is 31.9. The molecule has 0 bridgehead atoms. The average Bonchev–Trinajstić information content (AvgIpc) is 2.87. The highest BCUT2D eigenvalue weighted by Gasteiger charge is 1.98. The van der Waals surface area contributed by atoms with Gasteiger partial charge in [-0.3, -0.25) is 4.79 Å². The summed E-state index contributed by atoms with van der Waals surface area (Å²) in [6, 6.07) is 0. The highest BCUT2D eigenvalue weighted by atomic mass is 32.1. The standard InChI is InChI=1S/C32H63NO2S2/c34-31(35)29-27-25-23-21-19-17-15-13-11-9-7-5-3-1-2-4-6-8-10-12-14-16-18-20-22-24-26-28-30-33-32(36)37/h1-30H2,(H,34,35)(H2,33,36,37). The third-order valence-electron chi connectivity index (χ3n) is 7.59. The normalized spacial score (nSPS) is 11.2. The minimum Gasteiger partial charge on any atom is -0.481 e. The molecule has 3 nitrogen and oxygen atoms in total. The largest absolute Gasteiger partial charge is 0.481 e. The van der Waals surface area contributed by atoms with Crippen LogP contribution in [0.3, 0.4) is 0 Å². The first kappa shape index (κ1) is 36.7. The van der Waals surface area contributed by atoms with Gasteiger partial charge in [0.25, 0.3) is 0 Å². The lowest BCUT2D eigenvalue weighted by Crippen LogP contribution is -2.17. The number of thiol groups is 1. The number of rotatable bonds is 31. The fraction of sp³-hybridized carbons (Fsp3) is 0.938. The summed E-state index contributed by atoms with van der Waals surface area (Å²) in [5, 5.41) is 11.7. The Morgan fingerprint density at radius 1 is 0.459 bits per heavy atom. The van der Waals surface area contributed by atoms with Crippen molar-refractivity contribution < 1.29 is 9.90 Å². The Labute approximate surface area is 242 Å². The topological polar surface area (TPSA) is 49.3 Å². The second-order valence-electron chi connectivity index (χ2n) is 11.3. The van der Waals surface area contributed by atoms with E-state index in [1.54, 1.807) is 0 Å². The molecule has 0 aromatic rings. The first-order valence-electron chi connectivity index (χ1n) is 16.3. The van der Waals surface area contributed by atoms with E-state index >= 15 is 0 Å². The molecule has 0 aliphatic rings. The number of nitrogens with one attached hydrogen (secondary N) is 1. The van der Waals surface area contributed by atoms with E-state index in [2.05, 4.69) is 17.9 Å². The summed E-state index contributed by atoms with van der Waals surface area (Å²) in [6.07, 6.45) is 38.6. The fourth-order valence-corrected chi connectivity index (χ4v) is 5.41. The molecule has 0 radical (unpaired) electrons. The van der Waals surface area contributed by atoms with Crippen LogP contribution in [0.2, 0.25) is 0 Å². The van der Waals surface area contributed by atoms with Gasteiger partial charge < -0.3 is 10.4 Å². The lowest BCUT2D eigenvalue weighted by atomic mass is 10.0. The minimum absolute atomic E-state index is 0.342. The maximum atomic E-state index is 10.5. The number of thiocarbonyl (C=S) groups is 1. The van der Waals surface area contributed by atoms with Crippen molar-refractivity contribution in [3.63, 3.8) is 0 Å². The van der Waals surface area contributed by atoms with Crippen LogP contribution in [0.4, 0.5) is 0 Å². The van der Waals surface area contributed by atoms with Crippen LogP contribution in [0.1, 0.15) is 186 Å². The quantitative estimate of drug-likeness (QED) is 0.0450. The molecule has 0 saturated heterocycles. The number of hydrogen-bond donors (Lipinski definition) is 3. The highest BCUT2D eigenvalue weighted by Crippen LogP contribution is 2.16. The van der Waals surface area contributed by atoms with Gasteiger partial charge in [-0.15, -0.1) is 12.6 Å². The van der Waals surface area contributed by atoms with E-state index in [9.17, 15) is 4.79 Å². The molecule has 0 saturated carbocycles. The Kier molecular flexibility index (Phi) is 31.7. The van der Waals surface area contributed by atoms with Crippen LogP contribution in [-0.2, 0) is 4.79 Å². The van der Waals surface area contributed by atoms with Crippen molar-refractivity contribution >= 4 is 35.1 Å². The molecule has 0 aromatic heterocycles. The van der Waals surface area contributed by atoms with Crippen molar-refractivity contribution in [2.45, 2.75) is 186 Å². The van der Waals surface area contributed by atoms with Gasteiger partial charge in [-0.25, -0.2) is 0 Å². The van der Waals surface area contributed by atoms with Gasteiger partial charge >= 0.3 is 5.97 Å². The monoisotopic (exact) mass is 557 g/mol. The first-order valence-corrected chi connectivity index (χ1v) is 17.2. The summed E-state index contributed by atoms with van der Waals surface area (Å²) in [5.74, 6) is -0.652. The van der Waals surface area contributed by atoms with E-state index in [-0.39, 0.29) is 0 Å². The Balaban J connectivity index is 3.03. The fourth-order valence-electron chi connectivity index (χ4n) is 5.19. The van der Waals surface area contributed by atoms with E-state index in [1.807, 2.05) is 0 Å². The maximum absolute atomic E-state index is 10.5. The summed E-state index contributed by atoms with van der Waals surface area (Å²) in [5.41, 5.74) is 0. The van der Waals surface area contributed by atoms with Crippen LogP contribution in [0.5, 0.6) is 0 Å². The van der Waals surface area contributed by atoms with Crippen LogP contribution < -0.4 is 5.32 Å². The zero-order chi connectivity index (χ0) is 27.1. The van der Waals surface area contributed by atoms with Crippen molar-refractivity contribution in [2.75, 3.05) is 6.54 Å². The smallest absolute Gasteiger partial charge is 0.303 e. The summed E-state index contributed by atoms with van der Waals surface area (Å²) in [6.45, 7) is 0.978. The van der Waals surface area contributed by atoms with Gasteiger partial charge in [0.15, 0.2) is 0 Å². The Morgan fingerprint density at radius 3 is 0.892 bits per heavy atom. The molecule has 0 fully saturated rings. The van der Waals surface area contributed by atoms with E-state index in [0.717, 1.165) is 19.4 Å². The van der Waals surface area contributed by atoms with Gasteiger partial charge in [-0.1, -0.05) is 179 Å². The van der Waals surface area contributed by atoms with Crippen molar-refractivity contribution in [1.29, 1.82) is 0 Å². The molecule has 0 aliphatic carbocycles. The number of carboxylic acids is 1. The molecule has 0 amide bonds. The molecule has 0 heterocycles. The Morgan fingerprint density at radius 2 is 0.676 bits per heavy atom. The number of aliphatic carboxylic acids is 1. The van der Waals surface area contributed by atoms with Crippen LogP contribution in [0.15, 0.2) is 0 Å². The minimum atomic E-state index is -0.652. The maximum Gasteiger partial charge on any atom is 0.303 e. The third-order valence-corrected chi connectivity index (χ3v) is 7.90. The molecule has 0 spiro atoms. The van der Waals surface area contributed by atoms with Gasteiger partial charge in [0.2, 0.25) is 0 Å². The van der Waals surface area contributed by atoms with Gasteiger partial charge in [0.05, 0.1) is 0 Å². The van der Waals surface area contributed by atoms with Crippen molar-refractivity contribution in [3.8, 4) is 0 Å². The number of unbranched alkanes of at least 4 members (excludes halogenated alkanes) is 27. The van der Waals surface area contributed by atoms with E-state index < -0.39 is 5.97 Å². The van der Waals surface area contributed by atoms with Crippen molar-refractivity contribution in [3.05, 3.63) is 0 Å². The van der Waals surface area contributed by atoms with Gasteiger partial charge in [-0.2, -0.15) is 0 Å². The third kappa shape index (κ3) is 35.7. The molecule has 0 unspecified atom stereocenters. The highest BCUT2D eigenvalue weighted by molar-refractivity contribution is 8.11. The van der Waals surface area contributed by atoms with Gasteiger partial charge in [-0.05, 0) is 12.8 Å². The Hall–Kier alpha value is -0.290. The molecule has 2 N–H and O–H groups in total. The average molecular weight is 558 g/mol. The molecule has 220 valence electrons. The van der Waals surface area contributed by atoms with Crippen molar-refractivity contribution in [2.24, 2.45) is 0 Å². The first-order chi connectivity index (χ1) is 18.1. The number of hydrogen-bond acceptors (Lipinski definition) is 2. The molecule has 0 aliphatic heterocycles. The van der Waals surface area contributed by atoms with Crippen molar-refractivity contribution in [1.82, 2.24) is 5.32 Å². The molecule has 5 heteroatoms. The van der Waals surface area contributed by atoms with Gasteiger partial charge in [0, 0.05) is 13.0 Å². The van der Waals surface area contributed by atoms with E-state index in [0.29, 0.717) is 10.7 Å². The van der Waals surface area contributed by atoms with E-state index in [4.69, 9.17) is 17.3 Å². The lowest BCUT2D eigenvalue weighted by molar-refractivity contribution is -0.137. The van der Waals surface area contributed by atoms with Crippen LogP contribution in [0, 0.1) is 0 Å². The summed E-state index contributed by atoms with van der Waals surface area (Å²) < 4.78 is 0.622. The number of carboxylic acid groups (broad SMARTS) is 1. The summed E-state index contributed by atoms with van der Waals surface area (Å²) in [7, 11) is 0. The predicted molar refractivity (Wildman–Crippen MR) is 171 cm³/mol. The predicted octanol–water partition coefficient (Wildman–Crippen LogP) is 11.2. The van der Waals surface area contributed by atoms with Crippen LogP contribution in [-0.4, -0.2) is 21.9 Å². The zero-order valence-electron chi connectivity index (χ0n) is 24.4. The van der Waals surface area contributed by atoms with Crippen LogP contribution >= 0.6 is 24.8 Å². The SMILES string of the molecule is O=C(O)CCCCCCCCCCCCCCCCCCCCCCCCCCCCCCNC(=S)S.